The zero-order valence-electron chi connectivity index (χ0n) is 16.6. The summed E-state index contributed by atoms with van der Waals surface area (Å²) in [6.07, 6.45) is 0.923. The Morgan fingerprint density at radius 3 is 2.68 bits per heavy atom. The summed E-state index contributed by atoms with van der Waals surface area (Å²) in [6, 6.07) is 6.31. The first kappa shape index (κ1) is 21.0. The summed E-state index contributed by atoms with van der Waals surface area (Å²) in [5, 5.41) is 12.9. The number of rotatable bonds is 5. The number of anilines is 2. The molecule has 1 fully saturated rings. The topological polar surface area (TPSA) is 137 Å². The van der Waals surface area contributed by atoms with Crippen LogP contribution in [0.2, 0.25) is 0 Å². The number of hydrogen-bond acceptors (Lipinski definition) is 8. The maximum absolute atomic E-state index is 14.4. The lowest BCUT2D eigenvalue weighted by Gasteiger charge is -2.43. The van der Waals surface area contributed by atoms with Crippen molar-refractivity contribution in [3.63, 3.8) is 0 Å². The summed E-state index contributed by atoms with van der Waals surface area (Å²) in [4.78, 5) is 26.5. The molecular formula is C19H19FN6O4S. The number of β-amino-alcohol motifs (C(OH)–C–C–N with tert-alkyl or cyclic N) is 1. The van der Waals surface area contributed by atoms with Crippen molar-refractivity contribution >= 4 is 38.6 Å². The summed E-state index contributed by atoms with van der Waals surface area (Å²) in [7, 11) is -2.54. The molecule has 1 aliphatic rings. The molecule has 12 heteroatoms. The third-order valence-electron chi connectivity index (χ3n) is 5.12. The second-order valence-electron chi connectivity index (χ2n) is 7.04. The van der Waals surface area contributed by atoms with Crippen molar-refractivity contribution in [2.24, 2.45) is 0 Å². The summed E-state index contributed by atoms with van der Waals surface area (Å²) >= 11 is 0. The lowest BCUT2D eigenvalue weighted by molar-refractivity contribution is -0.0359. The van der Waals surface area contributed by atoms with Gasteiger partial charge in [0.1, 0.15) is 11.5 Å². The number of pyridine rings is 1. The van der Waals surface area contributed by atoms with Gasteiger partial charge in [0.25, 0.3) is 5.91 Å². The number of aliphatic hydroxyl groups is 1. The van der Waals surface area contributed by atoms with E-state index in [0.29, 0.717) is 5.39 Å². The lowest BCUT2D eigenvalue weighted by atomic mass is 10.0. The molecule has 4 rings (SSSR count). The summed E-state index contributed by atoms with van der Waals surface area (Å²) < 4.78 is 40.1. The zero-order valence-corrected chi connectivity index (χ0v) is 17.4. The Hall–Kier alpha value is -3.22. The molecule has 2 aromatic heterocycles. The fraction of sp³-hybridized carbons (Fsp3) is 0.263. The SMILES string of the molecule is CNS(=O)(=O)c1ccc(Nc2ncc3ccc(C(=O)N4C[C@@H](O)[C@@H]4C)nc3n2)c(F)c1. The number of amides is 1. The largest absolute Gasteiger partial charge is 0.389 e. The molecule has 31 heavy (non-hydrogen) atoms. The van der Waals surface area contributed by atoms with E-state index in [1.54, 1.807) is 19.1 Å². The molecule has 0 radical (unpaired) electrons. The van der Waals surface area contributed by atoms with Crippen molar-refractivity contribution < 1.29 is 22.7 Å². The molecule has 3 N–H and O–H groups in total. The van der Waals surface area contributed by atoms with Crippen LogP contribution in [0.3, 0.4) is 0 Å². The Bertz CT molecular complexity index is 1290. The summed E-state index contributed by atoms with van der Waals surface area (Å²) in [5.41, 5.74) is 0.376. The maximum Gasteiger partial charge on any atom is 0.272 e. The highest BCUT2D eigenvalue weighted by molar-refractivity contribution is 7.89. The van der Waals surface area contributed by atoms with Crippen LogP contribution in [0.5, 0.6) is 0 Å². The van der Waals surface area contributed by atoms with Gasteiger partial charge in [-0.1, -0.05) is 0 Å². The van der Waals surface area contributed by atoms with E-state index in [1.807, 2.05) is 0 Å². The number of likely N-dealkylation sites (tertiary alicyclic amines) is 1. The molecule has 2 atom stereocenters. The zero-order chi connectivity index (χ0) is 22.3. The molecule has 0 spiro atoms. The van der Waals surface area contributed by atoms with Crippen LogP contribution in [0.4, 0.5) is 16.0 Å². The van der Waals surface area contributed by atoms with E-state index < -0.39 is 21.9 Å². The van der Waals surface area contributed by atoms with Gasteiger partial charge >= 0.3 is 0 Å². The average Bonchev–Trinajstić information content (AvgIpc) is 2.77. The van der Waals surface area contributed by atoms with Gasteiger partial charge in [-0.2, -0.15) is 4.98 Å². The van der Waals surface area contributed by atoms with Crippen LogP contribution in [-0.2, 0) is 10.0 Å². The number of hydrogen-bond donors (Lipinski definition) is 3. The van der Waals surface area contributed by atoms with Gasteiger partial charge < -0.3 is 15.3 Å². The van der Waals surface area contributed by atoms with Crippen LogP contribution >= 0.6 is 0 Å². The lowest BCUT2D eigenvalue weighted by Crippen LogP contribution is -2.60. The summed E-state index contributed by atoms with van der Waals surface area (Å²) in [5.74, 6) is -1.09. The molecule has 162 valence electrons. The van der Waals surface area contributed by atoms with E-state index >= 15 is 0 Å². The highest BCUT2D eigenvalue weighted by atomic mass is 32.2. The van der Waals surface area contributed by atoms with E-state index in [-0.39, 0.29) is 46.4 Å². The van der Waals surface area contributed by atoms with Crippen LogP contribution in [0, 0.1) is 5.82 Å². The molecular weight excluding hydrogens is 427 g/mol. The highest BCUT2D eigenvalue weighted by Gasteiger charge is 2.38. The first-order valence-electron chi connectivity index (χ1n) is 9.32. The van der Waals surface area contributed by atoms with Crippen molar-refractivity contribution in [1.82, 2.24) is 24.6 Å². The van der Waals surface area contributed by atoms with Gasteiger partial charge in [-0.05, 0) is 44.3 Å². The number of carbonyl (C=O) groups is 1. The first-order chi connectivity index (χ1) is 14.7. The third kappa shape index (κ3) is 3.92. The quantitative estimate of drug-likeness (QED) is 0.528. The van der Waals surface area contributed by atoms with Gasteiger partial charge in [0.05, 0.1) is 22.7 Å². The van der Waals surface area contributed by atoms with E-state index in [4.69, 9.17) is 0 Å². The fourth-order valence-corrected chi connectivity index (χ4v) is 3.84. The minimum atomic E-state index is -3.77. The molecule has 10 nitrogen and oxygen atoms in total. The number of aromatic nitrogens is 3. The predicted octanol–water partition coefficient (Wildman–Crippen LogP) is 1.02. The number of nitrogens with one attached hydrogen (secondary N) is 2. The molecule has 1 aromatic carbocycles. The van der Waals surface area contributed by atoms with Crippen molar-refractivity contribution in [1.29, 1.82) is 0 Å². The van der Waals surface area contributed by atoms with Gasteiger partial charge in [0.15, 0.2) is 5.65 Å². The smallest absolute Gasteiger partial charge is 0.272 e. The van der Waals surface area contributed by atoms with Crippen molar-refractivity contribution in [2.45, 2.75) is 24.0 Å². The molecule has 3 heterocycles. The third-order valence-corrected chi connectivity index (χ3v) is 6.53. The number of halogens is 1. The van der Waals surface area contributed by atoms with Gasteiger partial charge in [-0.3, -0.25) is 4.79 Å². The van der Waals surface area contributed by atoms with E-state index in [2.05, 4.69) is 25.0 Å². The normalized spacial score (nSPS) is 18.6. The fourth-order valence-electron chi connectivity index (χ4n) is 3.10. The van der Waals surface area contributed by atoms with Crippen molar-refractivity contribution in [3.05, 3.63) is 48.0 Å². The first-order valence-corrected chi connectivity index (χ1v) is 10.8. The standard InChI is InChI=1S/C19H19FN6O4S/c1-10-16(27)9-26(10)18(28)15-5-3-11-8-22-19(25-17(11)23-15)24-14-6-4-12(7-13(14)20)31(29,30)21-2/h3-8,10,16,21,27H,9H2,1-2H3,(H,22,23,24,25)/t10-,16+/m0/s1. The Kier molecular flexibility index (Phi) is 5.29. The van der Waals surface area contributed by atoms with Gasteiger partial charge in [-0.25, -0.2) is 27.5 Å². The second kappa shape index (κ2) is 7.80. The van der Waals surface area contributed by atoms with Gasteiger partial charge in [0, 0.05) is 18.1 Å². The van der Waals surface area contributed by atoms with E-state index in [1.165, 1.54) is 30.3 Å². The average molecular weight is 446 g/mol. The van der Waals surface area contributed by atoms with Crippen LogP contribution in [0.1, 0.15) is 17.4 Å². The molecule has 0 aliphatic carbocycles. The maximum atomic E-state index is 14.4. The number of carbonyl (C=O) groups excluding carboxylic acids is 1. The minimum Gasteiger partial charge on any atom is -0.389 e. The van der Waals surface area contributed by atoms with Crippen LogP contribution in [-0.4, -0.2) is 65.0 Å². The number of nitrogens with zero attached hydrogens (tertiary/aromatic N) is 4. The molecule has 0 saturated carbocycles. The van der Waals surface area contributed by atoms with Crippen LogP contribution in [0.25, 0.3) is 11.0 Å². The Labute approximate surface area is 177 Å². The van der Waals surface area contributed by atoms with Gasteiger partial charge in [-0.15, -0.1) is 0 Å². The van der Waals surface area contributed by atoms with E-state index in [0.717, 1.165) is 6.07 Å². The van der Waals surface area contributed by atoms with Crippen molar-refractivity contribution in [2.75, 3.05) is 18.9 Å². The Morgan fingerprint density at radius 2 is 2.03 bits per heavy atom. The number of aliphatic hydroxyl groups excluding tert-OH is 1. The highest BCUT2D eigenvalue weighted by Crippen LogP contribution is 2.23. The monoisotopic (exact) mass is 446 g/mol. The predicted molar refractivity (Wildman–Crippen MR) is 110 cm³/mol. The Morgan fingerprint density at radius 1 is 1.26 bits per heavy atom. The number of fused-ring (bicyclic) bond motifs is 1. The van der Waals surface area contributed by atoms with Crippen LogP contribution < -0.4 is 10.0 Å². The minimum absolute atomic E-state index is 0.0231. The summed E-state index contributed by atoms with van der Waals surface area (Å²) in [6.45, 7) is 1.99. The molecule has 0 bridgehead atoms. The molecule has 1 saturated heterocycles. The molecule has 1 aliphatic heterocycles. The second-order valence-corrected chi connectivity index (χ2v) is 8.93. The number of benzene rings is 1. The number of sulfonamides is 1. The van der Waals surface area contributed by atoms with E-state index in [9.17, 15) is 22.7 Å². The molecule has 3 aromatic rings. The Balaban J connectivity index is 1.60. The van der Waals surface area contributed by atoms with Gasteiger partial charge in [0.2, 0.25) is 16.0 Å². The molecule has 1 amide bonds. The van der Waals surface area contributed by atoms with Crippen LogP contribution in [0.15, 0.2) is 41.4 Å². The molecule has 0 unspecified atom stereocenters. The van der Waals surface area contributed by atoms with Crippen molar-refractivity contribution in [3.8, 4) is 0 Å².